The van der Waals surface area contributed by atoms with Gasteiger partial charge >= 0.3 is 11.7 Å². The predicted molar refractivity (Wildman–Crippen MR) is 130 cm³/mol. The lowest BCUT2D eigenvalue weighted by Crippen LogP contribution is -2.29. The molecule has 1 aromatic heterocycles. The average molecular weight is 446 g/mol. The van der Waals surface area contributed by atoms with Crippen LogP contribution in [0.4, 0.5) is 0 Å². The maximum atomic E-state index is 13.2. The van der Waals surface area contributed by atoms with E-state index in [1.165, 1.54) is 32.1 Å². The third kappa shape index (κ3) is 5.33. The Hall–Kier alpha value is -3.41. The summed E-state index contributed by atoms with van der Waals surface area (Å²) in [6.07, 6.45) is 9.40. The minimum absolute atomic E-state index is 0.0556. The smallest absolute Gasteiger partial charge is 0.346 e. The Labute approximate surface area is 194 Å². The number of aryl methyl sites for hydroxylation is 1. The molecule has 3 aromatic rings. The molecule has 33 heavy (non-hydrogen) atoms. The Balaban J connectivity index is 1.58. The number of carbonyl (C=O) groups is 1. The average Bonchev–Trinajstić information content (AvgIpc) is 3.13. The van der Waals surface area contributed by atoms with E-state index in [0.29, 0.717) is 31.0 Å². The molecule has 6 heteroatoms. The van der Waals surface area contributed by atoms with E-state index >= 15 is 0 Å². The van der Waals surface area contributed by atoms with E-state index in [1.54, 1.807) is 21.4 Å². The highest BCUT2D eigenvalue weighted by Crippen LogP contribution is 2.25. The standard InChI is InChI=1S/C27H31N3O3/c1-2-3-13-25-28-30(19-20-9-5-4-6-10-20)27(33)29(25)18-21-14-16-22(17-15-21)23-11-7-8-12-24(23)26(31)32/h2,7-8,11-12,14-17,20H,1,3-6,9-10,13,18-19H2,(H,31,32). The van der Waals surface area contributed by atoms with Crippen molar-refractivity contribution in [3.8, 4) is 11.1 Å². The second-order valence-electron chi connectivity index (χ2n) is 8.85. The van der Waals surface area contributed by atoms with Crippen LogP contribution in [0.25, 0.3) is 11.1 Å². The van der Waals surface area contributed by atoms with Gasteiger partial charge in [0.15, 0.2) is 0 Å². The second kappa shape index (κ2) is 10.5. The molecule has 1 saturated carbocycles. The Morgan fingerprint density at radius 1 is 1.09 bits per heavy atom. The van der Waals surface area contributed by atoms with Gasteiger partial charge in [-0.2, -0.15) is 5.10 Å². The van der Waals surface area contributed by atoms with Crippen molar-refractivity contribution in [1.29, 1.82) is 0 Å². The molecule has 0 aliphatic heterocycles. The fourth-order valence-corrected chi connectivity index (χ4v) is 4.69. The quantitative estimate of drug-likeness (QED) is 0.462. The number of nitrogens with zero attached hydrogens (tertiary/aromatic N) is 3. The maximum absolute atomic E-state index is 13.2. The van der Waals surface area contributed by atoms with Gasteiger partial charge < -0.3 is 5.11 Å². The summed E-state index contributed by atoms with van der Waals surface area (Å²) in [7, 11) is 0. The van der Waals surface area contributed by atoms with E-state index in [-0.39, 0.29) is 11.3 Å². The van der Waals surface area contributed by atoms with Gasteiger partial charge in [0.1, 0.15) is 5.82 Å². The zero-order valence-electron chi connectivity index (χ0n) is 18.9. The molecule has 2 aromatic carbocycles. The van der Waals surface area contributed by atoms with Crippen molar-refractivity contribution >= 4 is 5.97 Å². The van der Waals surface area contributed by atoms with Crippen molar-refractivity contribution < 1.29 is 9.90 Å². The number of rotatable bonds is 9. The summed E-state index contributed by atoms with van der Waals surface area (Å²) in [5.74, 6) is 0.370. The molecule has 1 aliphatic carbocycles. The molecule has 172 valence electrons. The largest absolute Gasteiger partial charge is 0.478 e. The normalized spacial score (nSPS) is 14.3. The van der Waals surface area contributed by atoms with Crippen LogP contribution in [0.3, 0.4) is 0 Å². The lowest BCUT2D eigenvalue weighted by molar-refractivity contribution is 0.0697. The number of aromatic nitrogens is 3. The summed E-state index contributed by atoms with van der Waals surface area (Å²) in [6, 6.07) is 14.7. The topological polar surface area (TPSA) is 77.1 Å². The summed E-state index contributed by atoms with van der Waals surface area (Å²) in [6.45, 7) is 4.94. The Morgan fingerprint density at radius 2 is 1.82 bits per heavy atom. The number of benzene rings is 2. The van der Waals surface area contributed by atoms with E-state index < -0.39 is 5.97 Å². The molecular weight excluding hydrogens is 414 g/mol. The van der Waals surface area contributed by atoms with Crippen molar-refractivity contribution in [3.63, 3.8) is 0 Å². The second-order valence-corrected chi connectivity index (χ2v) is 8.85. The number of aromatic carboxylic acids is 1. The fourth-order valence-electron chi connectivity index (χ4n) is 4.69. The summed E-state index contributed by atoms with van der Waals surface area (Å²) < 4.78 is 3.43. The predicted octanol–water partition coefficient (Wildman–Crippen LogP) is 5.16. The first kappa shape index (κ1) is 22.8. The van der Waals surface area contributed by atoms with Gasteiger partial charge in [0, 0.05) is 13.0 Å². The molecule has 0 atom stereocenters. The lowest BCUT2D eigenvalue weighted by atomic mass is 9.89. The van der Waals surface area contributed by atoms with Gasteiger partial charge in [-0.1, -0.05) is 67.8 Å². The number of allylic oxidation sites excluding steroid dienone is 1. The number of carboxylic acid groups (broad SMARTS) is 1. The number of hydrogen-bond acceptors (Lipinski definition) is 3. The van der Waals surface area contributed by atoms with Gasteiger partial charge in [0.05, 0.1) is 12.1 Å². The highest BCUT2D eigenvalue weighted by molar-refractivity contribution is 5.95. The molecule has 1 N–H and O–H groups in total. The van der Waals surface area contributed by atoms with Crippen LogP contribution in [0.2, 0.25) is 0 Å². The first-order chi connectivity index (χ1) is 16.1. The Bertz CT molecular complexity index is 1170. The number of carboxylic acids is 1. The zero-order chi connectivity index (χ0) is 23.2. The van der Waals surface area contributed by atoms with Crippen molar-refractivity contribution in [2.45, 2.75) is 58.0 Å². The molecule has 1 aliphatic rings. The molecule has 6 nitrogen and oxygen atoms in total. The SMILES string of the molecule is C=CCCc1nn(CC2CCCCC2)c(=O)n1Cc1ccc(-c2ccccc2C(=O)O)cc1. The van der Waals surface area contributed by atoms with Gasteiger partial charge in [-0.15, -0.1) is 6.58 Å². The minimum atomic E-state index is -0.946. The number of hydrogen-bond donors (Lipinski definition) is 1. The van der Waals surface area contributed by atoms with Crippen LogP contribution >= 0.6 is 0 Å². The van der Waals surface area contributed by atoms with Gasteiger partial charge in [0.2, 0.25) is 0 Å². The molecule has 0 saturated heterocycles. The van der Waals surface area contributed by atoms with Crippen LogP contribution in [-0.4, -0.2) is 25.4 Å². The summed E-state index contributed by atoms with van der Waals surface area (Å²) >= 11 is 0. The highest BCUT2D eigenvalue weighted by atomic mass is 16.4. The molecule has 0 spiro atoms. The van der Waals surface area contributed by atoms with Gasteiger partial charge in [0.25, 0.3) is 0 Å². The molecule has 0 unspecified atom stereocenters. The molecule has 0 amide bonds. The van der Waals surface area contributed by atoms with Crippen LogP contribution in [0.5, 0.6) is 0 Å². The lowest BCUT2D eigenvalue weighted by Gasteiger charge is -2.20. The van der Waals surface area contributed by atoms with Gasteiger partial charge in [-0.3, -0.25) is 4.57 Å². The van der Waals surface area contributed by atoms with E-state index in [2.05, 4.69) is 11.7 Å². The van der Waals surface area contributed by atoms with Crippen molar-refractivity contribution in [2.75, 3.05) is 0 Å². The van der Waals surface area contributed by atoms with Gasteiger partial charge in [-0.05, 0) is 47.9 Å². The van der Waals surface area contributed by atoms with E-state index in [9.17, 15) is 14.7 Å². The van der Waals surface area contributed by atoms with E-state index in [0.717, 1.165) is 23.4 Å². The third-order valence-electron chi connectivity index (χ3n) is 6.49. The Morgan fingerprint density at radius 3 is 2.52 bits per heavy atom. The van der Waals surface area contributed by atoms with Crippen molar-refractivity contribution in [1.82, 2.24) is 14.3 Å². The monoisotopic (exact) mass is 445 g/mol. The van der Waals surface area contributed by atoms with E-state index in [4.69, 9.17) is 0 Å². The molecule has 1 fully saturated rings. The van der Waals surface area contributed by atoms with E-state index in [1.807, 2.05) is 42.5 Å². The molecule has 0 radical (unpaired) electrons. The summed E-state index contributed by atoms with van der Waals surface area (Å²) in [5.41, 5.74) is 2.72. The first-order valence-electron chi connectivity index (χ1n) is 11.8. The molecule has 1 heterocycles. The van der Waals surface area contributed by atoms with Crippen molar-refractivity contribution in [2.24, 2.45) is 5.92 Å². The van der Waals surface area contributed by atoms with Crippen LogP contribution in [0, 0.1) is 5.92 Å². The van der Waals surface area contributed by atoms with Crippen LogP contribution < -0.4 is 5.69 Å². The zero-order valence-corrected chi connectivity index (χ0v) is 18.9. The van der Waals surface area contributed by atoms with Crippen molar-refractivity contribution in [3.05, 3.63) is 88.6 Å². The molecule has 4 rings (SSSR count). The maximum Gasteiger partial charge on any atom is 0.346 e. The van der Waals surface area contributed by atoms with Gasteiger partial charge in [-0.25, -0.2) is 14.3 Å². The first-order valence-corrected chi connectivity index (χ1v) is 11.8. The third-order valence-corrected chi connectivity index (χ3v) is 6.49. The Kier molecular flexibility index (Phi) is 7.23. The molecule has 0 bridgehead atoms. The fraction of sp³-hybridized carbons (Fsp3) is 0.370. The highest BCUT2D eigenvalue weighted by Gasteiger charge is 2.19. The van der Waals surface area contributed by atoms with Crippen LogP contribution in [0.15, 0.2) is 66.0 Å². The minimum Gasteiger partial charge on any atom is -0.478 e. The van der Waals surface area contributed by atoms with Crippen LogP contribution in [0.1, 0.15) is 60.3 Å². The molecular formula is C27H31N3O3. The summed E-state index contributed by atoms with van der Waals surface area (Å²) in [5, 5.41) is 14.2. The van der Waals surface area contributed by atoms with Crippen LogP contribution in [-0.2, 0) is 19.5 Å². The summed E-state index contributed by atoms with van der Waals surface area (Å²) in [4.78, 5) is 24.8.